The zero-order valence-electron chi connectivity index (χ0n) is 11.7. The van der Waals surface area contributed by atoms with Gasteiger partial charge in [0.25, 0.3) is 0 Å². The molecule has 0 spiro atoms. The minimum Gasteiger partial charge on any atom is -0.253 e. The van der Waals surface area contributed by atoms with Crippen molar-refractivity contribution in [2.24, 2.45) is 5.10 Å². The van der Waals surface area contributed by atoms with E-state index >= 15 is 0 Å². The number of nitrogens with zero attached hydrogens (tertiary/aromatic N) is 3. The largest absolute Gasteiger partial charge is 0.253 e. The summed E-state index contributed by atoms with van der Waals surface area (Å²) >= 11 is 1.54. The molecule has 2 aromatic rings. The molecule has 0 unspecified atom stereocenters. The van der Waals surface area contributed by atoms with Crippen molar-refractivity contribution in [1.29, 1.82) is 5.26 Å². The quantitative estimate of drug-likeness (QED) is 0.689. The molecule has 4 nitrogen and oxygen atoms in total. The summed E-state index contributed by atoms with van der Waals surface area (Å²) < 4.78 is 0. The predicted molar refractivity (Wildman–Crippen MR) is 83.2 cm³/mol. The Bertz CT molecular complexity index is 642. The third kappa shape index (κ3) is 3.65. The first kappa shape index (κ1) is 14.2. The molecule has 0 radical (unpaired) electrons. The van der Waals surface area contributed by atoms with Crippen LogP contribution in [0.3, 0.4) is 0 Å². The van der Waals surface area contributed by atoms with Gasteiger partial charge in [-0.25, -0.2) is 4.98 Å². The summed E-state index contributed by atoms with van der Waals surface area (Å²) in [6.07, 6.45) is 1.71. The van der Waals surface area contributed by atoms with Gasteiger partial charge in [0.1, 0.15) is 0 Å². The smallest absolute Gasteiger partial charge is 0.203 e. The summed E-state index contributed by atoms with van der Waals surface area (Å²) in [6.45, 7) is 6.39. The van der Waals surface area contributed by atoms with Crippen LogP contribution in [0.4, 0.5) is 5.13 Å². The number of thiazole rings is 1. The van der Waals surface area contributed by atoms with E-state index in [1.807, 2.05) is 17.5 Å². The highest BCUT2D eigenvalue weighted by molar-refractivity contribution is 7.13. The van der Waals surface area contributed by atoms with E-state index in [0.29, 0.717) is 5.56 Å². The van der Waals surface area contributed by atoms with E-state index < -0.39 is 0 Å². The lowest BCUT2D eigenvalue weighted by Crippen LogP contribution is -2.11. The summed E-state index contributed by atoms with van der Waals surface area (Å²) in [5, 5.41) is 15.7. The lowest BCUT2D eigenvalue weighted by Gasteiger charge is -2.13. The van der Waals surface area contributed by atoms with Crippen LogP contribution in [0.15, 0.2) is 34.7 Å². The fourth-order valence-electron chi connectivity index (χ4n) is 1.48. The normalized spacial score (nSPS) is 11.5. The molecular formula is C15H16N4S. The maximum atomic E-state index is 8.72. The molecule has 102 valence electrons. The van der Waals surface area contributed by atoms with Crippen LogP contribution in [0.1, 0.15) is 37.6 Å². The lowest BCUT2D eigenvalue weighted by molar-refractivity contribution is 0.573. The number of benzene rings is 1. The maximum Gasteiger partial charge on any atom is 0.203 e. The second-order valence-corrected chi connectivity index (χ2v) is 6.25. The number of anilines is 1. The van der Waals surface area contributed by atoms with Gasteiger partial charge in [0, 0.05) is 10.8 Å². The summed E-state index contributed by atoms with van der Waals surface area (Å²) in [4.78, 5) is 4.49. The van der Waals surface area contributed by atoms with Crippen LogP contribution >= 0.6 is 11.3 Å². The number of hydrazone groups is 1. The second-order valence-electron chi connectivity index (χ2n) is 5.39. The second kappa shape index (κ2) is 5.85. The zero-order chi connectivity index (χ0) is 14.6. The van der Waals surface area contributed by atoms with Crippen molar-refractivity contribution >= 4 is 22.7 Å². The van der Waals surface area contributed by atoms with Gasteiger partial charge in [-0.05, 0) is 17.7 Å². The van der Waals surface area contributed by atoms with Gasteiger partial charge < -0.3 is 0 Å². The highest BCUT2D eigenvalue weighted by atomic mass is 32.1. The molecule has 2 rings (SSSR count). The fraction of sp³-hybridized carbons (Fsp3) is 0.267. The number of aromatic nitrogens is 1. The monoisotopic (exact) mass is 284 g/mol. The third-order valence-electron chi connectivity index (χ3n) is 2.69. The van der Waals surface area contributed by atoms with Crippen LogP contribution in [0.25, 0.3) is 0 Å². The predicted octanol–water partition coefficient (Wildman–Crippen LogP) is 3.76. The standard InChI is InChI=1S/C15H16N4S/c1-15(2,3)13-10-20-14(18-13)19-17-9-12-6-4-11(8-16)5-7-12/h4-7,9-10H,1-3H3,(H,18,19). The van der Waals surface area contributed by atoms with E-state index in [1.165, 1.54) is 11.3 Å². The highest BCUT2D eigenvalue weighted by Gasteiger charge is 2.17. The van der Waals surface area contributed by atoms with E-state index in [1.54, 1.807) is 18.3 Å². The van der Waals surface area contributed by atoms with Crippen LogP contribution in [0.2, 0.25) is 0 Å². The van der Waals surface area contributed by atoms with Crippen LogP contribution < -0.4 is 5.43 Å². The molecule has 0 amide bonds. The molecule has 20 heavy (non-hydrogen) atoms. The Morgan fingerprint density at radius 2 is 2.00 bits per heavy atom. The molecule has 0 atom stereocenters. The van der Waals surface area contributed by atoms with Crippen molar-refractivity contribution in [2.75, 3.05) is 5.43 Å². The summed E-state index contributed by atoms with van der Waals surface area (Å²) in [5.74, 6) is 0. The number of hydrogen-bond acceptors (Lipinski definition) is 5. The Kier molecular flexibility index (Phi) is 4.16. The Labute approximate surface area is 122 Å². The molecule has 0 aliphatic heterocycles. The third-order valence-corrected chi connectivity index (χ3v) is 3.43. The van der Waals surface area contributed by atoms with Gasteiger partial charge in [0.15, 0.2) is 0 Å². The van der Waals surface area contributed by atoms with E-state index in [2.05, 4.69) is 42.4 Å². The van der Waals surface area contributed by atoms with Crippen molar-refractivity contribution in [3.05, 3.63) is 46.5 Å². The molecular weight excluding hydrogens is 268 g/mol. The van der Waals surface area contributed by atoms with Gasteiger partial charge in [-0.15, -0.1) is 11.3 Å². The van der Waals surface area contributed by atoms with E-state index in [0.717, 1.165) is 16.4 Å². The SMILES string of the molecule is CC(C)(C)c1csc(NN=Cc2ccc(C#N)cc2)n1. The minimum absolute atomic E-state index is 0.0489. The van der Waals surface area contributed by atoms with Crippen molar-refractivity contribution in [1.82, 2.24) is 4.98 Å². The Morgan fingerprint density at radius 1 is 1.30 bits per heavy atom. The molecule has 0 saturated carbocycles. The van der Waals surface area contributed by atoms with Gasteiger partial charge in [-0.2, -0.15) is 10.4 Å². The minimum atomic E-state index is 0.0489. The Hall–Kier alpha value is -2.19. The number of nitrogens with one attached hydrogen (secondary N) is 1. The fourth-order valence-corrected chi connectivity index (χ4v) is 2.36. The van der Waals surface area contributed by atoms with Crippen molar-refractivity contribution in [2.45, 2.75) is 26.2 Å². The Morgan fingerprint density at radius 3 is 2.55 bits per heavy atom. The topological polar surface area (TPSA) is 61.1 Å². The average Bonchev–Trinajstić information content (AvgIpc) is 2.88. The molecule has 0 aliphatic carbocycles. The Balaban J connectivity index is 1.99. The number of rotatable bonds is 3. The van der Waals surface area contributed by atoms with Crippen LogP contribution in [0.5, 0.6) is 0 Å². The molecule has 1 aromatic carbocycles. The molecule has 0 bridgehead atoms. The molecule has 1 heterocycles. The average molecular weight is 284 g/mol. The van der Waals surface area contributed by atoms with Crippen molar-refractivity contribution in [3.63, 3.8) is 0 Å². The molecule has 5 heteroatoms. The summed E-state index contributed by atoms with van der Waals surface area (Å²) in [6, 6.07) is 9.32. The molecule has 0 saturated heterocycles. The summed E-state index contributed by atoms with van der Waals surface area (Å²) in [7, 11) is 0. The van der Waals surface area contributed by atoms with Crippen molar-refractivity contribution in [3.8, 4) is 6.07 Å². The van der Waals surface area contributed by atoms with Crippen LogP contribution in [0, 0.1) is 11.3 Å². The lowest BCUT2D eigenvalue weighted by atomic mass is 9.93. The number of nitriles is 1. The number of hydrogen-bond donors (Lipinski definition) is 1. The van der Waals surface area contributed by atoms with Gasteiger partial charge in [-0.3, -0.25) is 5.43 Å². The molecule has 1 N–H and O–H groups in total. The van der Waals surface area contributed by atoms with Crippen LogP contribution in [-0.4, -0.2) is 11.2 Å². The molecule has 1 aromatic heterocycles. The van der Waals surface area contributed by atoms with Gasteiger partial charge in [0.2, 0.25) is 5.13 Å². The van der Waals surface area contributed by atoms with Gasteiger partial charge in [0.05, 0.1) is 23.5 Å². The highest BCUT2D eigenvalue weighted by Crippen LogP contribution is 2.26. The molecule has 0 fully saturated rings. The van der Waals surface area contributed by atoms with E-state index in [9.17, 15) is 0 Å². The first-order chi connectivity index (χ1) is 9.49. The first-order valence-corrected chi connectivity index (χ1v) is 7.12. The van der Waals surface area contributed by atoms with E-state index in [-0.39, 0.29) is 5.41 Å². The van der Waals surface area contributed by atoms with Crippen molar-refractivity contribution < 1.29 is 0 Å². The summed E-state index contributed by atoms with van der Waals surface area (Å²) in [5.41, 5.74) is 5.61. The maximum absolute atomic E-state index is 8.72. The van der Waals surface area contributed by atoms with Crippen LogP contribution in [-0.2, 0) is 5.41 Å². The zero-order valence-corrected chi connectivity index (χ0v) is 12.5. The van der Waals surface area contributed by atoms with Gasteiger partial charge in [-0.1, -0.05) is 32.9 Å². The molecule has 0 aliphatic rings. The first-order valence-electron chi connectivity index (χ1n) is 6.24. The van der Waals surface area contributed by atoms with E-state index in [4.69, 9.17) is 5.26 Å². The van der Waals surface area contributed by atoms with Gasteiger partial charge >= 0.3 is 0 Å².